The van der Waals surface area contributed by atoms with Crippen molar-refractivity contribution >= 4 is 10.0 Å². The molecule has 0 spiro atoms. The molecule has 0 N–H and O–H groups in total. The van der Waals surface area contributed by atoms with E-state index in [0.717, 1.165) is 19.3 Å². The topological polar surface area (TPSA) is 37.4 Å². The summed E-state index contributed by atoms with van der Waals surface area (Å²) < 4.78 is 23.7. The average Bonchev–Trinajstić information content (AvgIpc) is 2.14. The van der Waals surface area contributed by atoms with E-state index < -0.39 is 10.0 Å². The largest absolute Gasteiger partial charge is 0.213 e. The number of nitrogens with zero attached hydrogens (tertiary/aromatic N) is 1. The molecule has 0 aliphatic carbocycles. The standard InChI is InChI=1S/C8H19NO2S.C2H6/c1-4-6-7-8-9(5-2)12(3,10)11;1-2/h4-8H2,1-3H3;1-2H3. The van der Waals surface area contributed by atoms with Crippen molar-refractivity contribution in [3.63, 3.8) is 0 Å². The van der Waals surface area contributed by atoms with Crippen LogP contribution in [0.5, 0.6) is 0 Å². The zero-order valence-electron chi connectivity index (χ0n) is 10.2. The molecular weight excluding hydrogens is 198 g/mol. The van der Waals surface area contributed by atoms with Gasteiger partial charge in [-0.15, -0.1) is 0 Å². The van der Waals surface area contributed by atoms with Gasteiger partial charge < -0.3 is 0 Å². The summed E-state index contributed by atoms with van der Waals surface area (Å²) in [6, 6.07) is 0. The predicted molar refractivity (Wildman–Crippen MR) is 63.0 cm³/mol. The fourth-order valence-corrected chi connectivity index (χ4v) is 2.03. The summed E-state index contributed by atoms with van der Waals surface area (Å²) >= 11 is 0. The second-order valence-corrected chi connectivity index (χ2v) is 4.94. The molecule has 3 nitrogen and oxygen atoms in total. The average molecular weight is 223 g/mol. The first-order chi connectivity index (χ1) is 6.52. The van der Waals surface area contributed by atoms with Crippen LogP contribution in [0.4, 0.5) is 0 Å². The minimum absolute atomic E-state index is 0.586. The molecule has 0 aromatic rings. The van der Waals surface area contributed by atoms with Gasteiger partial charge in [0.1, 0.15) is 0 Å². The maximum absolute atomic E-state index is 11.1. The van der Waals surface area contributed by atoms with Gasteiger partial charge in [0.2, 0.25) is 10.0 Å². The number of hydrogen-bond acceptors (Lipinski definition) is 2. The lowest BCUT2D eigenvalue weighted by molar-refractivity contribution is 0.418. The van der Waals surface area contributed by atoms with E-state index in [4.69, 9.17) is 0 Å². The second kappa shape index (κ2) is 9.46. The molecular formula is C10H25NO2S. The molecule has 88 valence electrons. The van der Waals surface area contributed by atoms with Crippen LogP contribution in [0.2, 0.25) is 0 Å². The number of rotatable bonds is 6. The maximum atomic E-state index is 11.1. The molecule has 0 saturated carbocycles. The Morgan fingerprint density at radius 2 is 1.57 bits per heavy atom. The second-order valence-electron chi connectivity index (χ2n) is 2.96. The lowest BCUT2D eigenvalue weighted by Gasteiger charge is -2.16. The first-order valence-corrected chi connectivity index (χ1v) is 7.32. The first-order valence-electron chi connectivity index (χ1n) is 5.47. The molecule has 0 amide bonds. The van der Waals surface area contributed by atoms with Crippen LogP contribution in [-0.2, 0) is 10.0 Å². The smallest absolute Gasteiger partial charge is 0.211 e. The van der Waals surface area contributed by atoms with E-state index in [1.807, 2.05) is 20.8 Å². The van der Waals surface area contributed by atoms with Gasteiger partial charge in [-0.2, -0.15) is 0 Å². The van der Waals surface area contributed by atoms with Crippen LogP contribution in [0.25, 0.3) is 0 Å². The minimum Gasteiger partial charge on any atom is -0.213 e. The molecule has 0 aliphatic heterocycles. The van der Waals surface area contributed by atoms with Crippen molar-refractivity contribution in [1.29, 1.82) is 0 Å². The van der Waals surface area contributed by atoms with Crippen LogP contribution < -0.4 is 0 Å². The minimum atomic E-state index is -2.96. The van der Waals surface area contributed by atoms with E-state index in [1.165, 1.54) is 10.6 Å². The maximum Gasteiger partial charge on any atom is 0.211 e. The van der Waals surface area contributed by atoms with E-state index in [9.17, 15) is 8.42 Å². The fraction of sp³-hybridized carbons (Fsp3) is 1.00. The van der Waals surface area contributed by atoms with Crippen molar-refractivity contribution in [2.75, 3.05) is 19.3 Å². The summed E-state index contributed by atoms with van der Waals surface area (Å²) in [6.45, 7) is 9.23. The van der Waals surface area contributed by atoms with Gasteiger partial charge in [0, 0.05) is 13.1 Å². The SMILES string of the molecule is CC.CCCCCN(CC)S(C)(=O)=O. The van der Waals surface area contributed by atoms with E-state index >= 15 is 0 Å². The number of unbranched alkanes of at least 4 members (excludes halogenated alkanes) is 2. The van der Waals surface area contributed by atoms with Gasteiger partial charge in [0.05, 0.1) is 6.26 Å². The molecule has 0 bridgehead atoms. The molecule has 0 fully saturated rings. The summed E-state index contributed by atoms with van der Waals surface area (Å²) in [5, 5.41) is 0. The third kappa shape index (κ3) is 8.51. The molecule has 0 aromatic heterocycles. The van der Waals surface area contributed by atoms with Crippen molar-refractivity contribution in [2.24, 2.45) is 0 Å². The van der Waals surface area contributed by atoms with Crippen molar-refractivity contribution in [2.45, 2.75) is 47.0 Å². The normalized spacial score (nSPS) is 11.0. The van der Waals surface area contributed by atoms with E-state index in [0.29, 0.717) is 13.1 Å². The monoisotopic (exact) mass is 223 g/mol. The van der Waals surface area contributed by atoms with Crippen LogP contribution in [0.15, 0.2) is 0 Å². The Morgan fingerprint density at radius 3 is 1.86 bits per heavy atom. The highest BCUT2D eigenvalue weighted by molar-refractivity contribution is 7.88. The highest BCUT2D eigenvalue weighted by Crippen LogP contribution is 2.02. The molecule has 14 heavy (non-hydrogen) atoms. The highest BCUT2D eigenvalue weighted by Gasteiger charge is 2.12. The third-order valence-electron chi connectivity index (χ3n) is 1.83. The summed E-state index contributed by atoms with van der Waals surface area (Å²) in [6.07, 6.45) is 4.47. The zero-order valence-corrected chi connectivity index (χ0v) is 11.0. The van der Waals surface area contributed by atoms with E-state index in [1.54, 1.807) is 0 Å². The molecule has 0 atom stereocenters. The molecule has 0 aromatic carbocycles. The van der Waals surface area contributed by atoms with Gasteiger partial charge in [-0.3, -0.25) is 0 Å². The highest BCUT2D eigenvalue weighted by atomic mass is 32.2. The predicted octanol–water partition coefficient (Wildman–Crippen LogP) is 2.48. The Kier molecular flexibility index (Phi) is 11.0. The Bertz CT molecular complexity index is 200. The molecule has 0 radical (unpaired) electrons. The zero-order chi connectivity index (χ0) is 11.6. The van der Waals surface area contributed by atoms with Gasteiger partial charge in [-0.05, 0) is 6.42 Å². The van der Waals surface area contributed by atoms with Crippen LogP contribution in [0.3, 0.4) is 0 Å². The Labute approximate surface area is 89.6 Å². The van der Waals surface area contributed by atoms with Crippen molar-refractivity contribution in [3.8, 4) is 0 Å². The summed E-state index contributed by atoms with van der Waals surface area (Å²) in [5.74, 6) is 0. The number of sulfonamides is 1. The van der Waals surface area contributed by atoms with Crippen LogP contribution in [0, 0.1) is 0 Å². The van der Waals surface area contributed by atoms with Crippen LogP contribution in [-0.4, -0.2) is 32.1 Å². The van der Waals surface area contributed by atoms with Gasteiger partial charge in [0.25, 0.3) is 0 Å². The van der Waals surface area contributed by atoms with E-state index in [-0.39, 0.29) is 0 Å². The lowest BCUT2D eigenvalue weighted by atomic mass is 10.2. The third-order valence-corrected chi connectivity index (χ3v) is 3.21. The number of hydrogen-bond donors (Lipinski definition) is 0. The first kappa shape index (κ1) is 16.3. The Morgan fingerprint density at radius 1 is 1.07 bits per heavy atom. The molecule has 0 aliphatic rings. The molecule has 0 rings (SSSR count). The molecule has 0 saturated heterocycles. The Balaban J connectivity index is 0. The summed E-state index contributed by atoms with van der Waals surface area (Å²) in [4.78, 5) is 0. The fourth-order valence-electron chi connectivity index (χ4n) is 1.10. The lowest BCUT2D eigenvalue weighted by Crippen LogP contribution is -2.30. The molecule has 0 heterocycles. The Hall–Kier alpha value is -0.0900. The van der Waals surface area contributed by atoms with Gasteiger partial charge in [0.15, 0.2) is 0 Å². The molecule has 0 unspecified atom stereocenters. The van der Waals surface area contributed by atoms with Crippen molar-refractivity contribution in [1.82, 2.24) is 4.31 Å². The van der Waals surface area contributed by atoms with Crippen LogP contribution >= 0.6 is 0 Å². The van der Waals surface area contributed by atoms with Crippen LogP contribution in [0.1, 0.15) is 47.0 Å². The van der Waals surface area contributed by atoms with Crippen molar-refractivity contribution < 1.29 is 8.42 Å². The van der Waals surface area contributed by atoms with Gasteiger partial charge >= 0.3 is 0 Å². The van der Waals surface area contributed by atoms with Gasteiger partial charge in [-0.25, -0.2) is 12.7 Å². The summed E-state index contributed by atoms with van der Waals surface area (Å²) in [7, 11) is -2.96. The summed E-state index contributed by atoms with van der Waals surface area (Å²) in [5.41, 5.74) is 0. The van der Waals surface area contributed by atoms with Gasteiger partial charge in [-0.1, -0.05) is 40.5 Å². The van der Waals surface area contributed by atoms with Crippen molar-refractivity contribution in [3.05, 3.63) is 0 Å². The molecule has 4 heteroatoms. The quantitative estimate of drug-likeness (QED) is 0.649. The van der Waals surface area contributed by atoms with E-state index in [2.05, 4.69) is 6.92 Å².